The van der Waals surface area contributed by atoms with Gasteiger partial charge in [0.25, 0.3) is 0 Å². The number of hydrogen-bond acceptors (Lipinski definition) is 1. The Kier molecular flexibility index (Phi) is 3.61. The van der Waals surface area contributed by atoms with Gasteiger partial charge in [0, 0.05) is 6.42 Å². The molecule has 1 nitrogen and oxygen atoms in total. The van der Waals surface area contributed by atoms with E-state index in [1.54, 1.807) is 6.92 Å². The zero-order valence-corrected chi connectivity index (χ0v) is 11.2. The van der Waals surface area contributed by atoms with E-state index in [2.05, 4.69) is 56.3 Å². The van der Waals surface area contributed by atoms with E-state index in [0.717, 1.165) is 5.56 Å². The summed E-state index contributed by atoms with van der Waals surface area (Å²) in [4.78, 5) is 11.3. The lowest BCUT2D eigenvalue weighted by molar-refractivity contribution is -0.116. The number of hydrogen-bond donors (Lipinski definition) is 0. The number of Topliss-reactive ketones (excluding diaryl/α,β-unsaturated/α-hetero) is 1. The molecule has 0 saturated carbocycles. The average molecular weight is 238 g/mol. The smallest absolute Gasteiger partial charge is 0.134 e. The van der Waals surface area contributed by atoms with Crippen molar-refractivity contribution in [2.24, 2.45) is 0 Å². The van der Waals surface area contributed by atoms with E-state index >= 15 is 0 Å². The van der Waals surface area contributed by atoms with Crippen LogP contribution in [0.3, 0.4) is 0 Å². The summed E-state index contributed by atoms with van der Waals surface area (Å²) in [7, 11) is 0. The Balaban J connectivity index is 2.43. The Morgan fingerprint density at radius 3 is 2.39 bits per heavy atom. The van der Waals surface area contributed by atoms with Gasteiger partial charge >= 0.3 is 0 Å². The maximum atomic E-state index is 11.3. The molecule has 0 saturated heterocycles. The maximum absolute atomic E-state index is 11.3. The molecule has 0 spiro atoms. The predicted octanol–water partition coefficient (Wildman–Crippen LogP) is 4.10. The Hall–Kier alpha value is -1.89. The van der Waals surface area contributed by atoms with Crippen LogP contribution >= 0.6 is 0 Å². The summed E-state index contributed by atoms with van der Waals surface area (Å²) >= 11 is 0. The van der Waals surface area contributed by atoms with Gasteiger partial charge in [-0.15, -0.1) is 0 Å². The van der Waals surface area contributed by atoms with Crippen molar-refractivity contribution in [3.8, 4) is 11.1 Å². The second kappa shape index (κ2) is 5.18. The van der Waals surface area contributed by atoms with Crippen molar-refractivity contribution in [1.82, 2.24) is 0 Å². The van der Waals surface area contributed by atoms with Crippen molar-refractivity contribution in [3.63, 3.8) is 0 Å². The van der Waals surface area contributed by atoms with E-state index in [1.165, 1.54) is 22.3 Å². The van der Waals surface area contributed by atoms with E-state index in [1.807, 2.05) is 0 Å². The summed E-state index contributed by atoms with van der Waals surface area (Å²) < 4.78 is 0. The normalized spacial score (nSPS) is 10.4. The number of ketones is 1. The highest BCUT2D eigenvalue weighted by molar-refractivity contribution is 5.79. The lowest BCUT2D eigenvalue weighted by Crippen LogP contribution is -1.99. The summed E-state index contributed by atoms with van der Waals surface area (Å²) in [6.45, 7) is 5.78. The van der Waals surface area contributed by atoms with Crippen LogP contribution in [0.25, 0.3) is 11.1 Å². The van der Waals surface area contributed by atoms with Gasteiger partial charge in [-0.2, -0.15) is 0 Å². The van der Waals surface area contributed by atoms with Gasteiger partial charge in [0.1, 0.15) is 5.78 Å². The molecule has 0 heterocycles. The molecule has 18 heavy (non-hydrogen) atoms. The molecule has 0 radical (unpaired) electrons. The van der Waals surface area contributed by atoms with Crippen molar-refractivity contribution in [1.29, 1.82) is 0 Å². The van der Waals surface area contributed by atoms with E-state index in [4.69, 9.17) is 0 Å². The van der Waals surface area contributed by atoms with Gasteiger partial charge in [-0.25, -0.2) is 0 Å². The van der Waals surface area contributed by atoms with Crippen molar-refractivity contribution < 1.29 is 4.79 Å². The minimum Gasteiger partial charge on any atom is -0.300 e. The fourth-order valence-electron chi connectivity index (χ4n) is 2.13. The maximum Gasteiger partial charge on any atom is 0.134 e. The minimum atomic E-state index is 0.208. The highest BCUT2D eigenvalue weighted by Crippen LogP contribution is 2.23. The van der Waals surface area contributed by atoms with Crippen LogP contribution in [-0.2, 0) is 11.2 Å². The molecule has 0 N–H and O–H groups in total. The van der Waals surface area contributed by atoms with Crippen LogP contribution in [0.5, 0.6) is 0 Å². The molecule has 1 heteroatoms. The second-order valence-corrected chi connectivity index (χ2v) is 4.89. The number of benzene rings is 2. The van der Waals surface area contributed by atoms with Crippen molar-refractivity contribution in [2.45, 2.75) is 27.2 Å². The fraction of sp³-hybridized carbons (Fsp3) is 0.235. The standard InChI is InChI=1S/C17H18O/c1-12-5-4-6-15(9-12)16-8-7-13(2)17(11-16)10-14(3)18/h4-9,11H,10H2,1-3H3. The molecule has 0 aliphatic carbocycles. The van der Waals surface area contributed by atoms with Gasteiger partial charge < -0.3 is 0 Å². The van der Waals surface area contributed by atoms with Crippen LogP contribution in [0.15, 0.2) is 42.5 Å². The third kappa shape index (κ3) is 2.86. The third-order valence-corrected chi connectivity index (χ3v) is 3.14. The van der Waals surface area contributed by atoms with Crippen LogP contribution in [0.4, 0.5) is 0 Å². The Morgan fingerprint density at radius 2 is 1.72 bits per heavy atom. The molecule has 0 aliphatic rings. The van der Waals surface area contributed by atoms with Crippen molar-refractivity contribution in [2.75, 3.05) is 0 Å². The topological polar surface area (TPSA) is 17.1 Å². The largest absolute Gasteiger partial charge is 0.300 e. The summed E-state index contributed by atoms with van der Waals surface area (Å²) in [5, 5.41) is 0. The number of carbonyl (C=O) groups is 1. The first-order valence-electron chi connectivity index (χ1n) is 6.22. The predicted molar refractivity (Wildman–Crippen MR) is 75.7 cm³/mol. The van der Waals surface area contributed by atoms with Crippen molar-refractivity contribution >= 4 is 5.78 Å². The monoisotopic (exact) mass is 238 g/mol. The third-order valence-electron chi connectivity index (χ3n) is 3.14. The zero-order chi connectivity index (χ0) is 13.1. The first-order valence-corrected chi connectivity index (χ1v) is 6.22. The van der Waals surface area contributed by atoms with E-state index < -0.39 is 0 Å². The van der Waals surface area contributed by atoms with Gasteiger partial charge in [0.05, 0.1) is 0 Å². The van der Waals surface area contributed by atoms with Gasteiger partial charge in [-0.05, 0) is 43.0 Å². The molecule has 0 atom stereocenters. The molecule has 0 amide bonds. The average Bonchev–Trinajstić information content (AvgIpc) is 2.31. The summed E-state index contributed by atoms with van der Waals surface area (Å²) in [5.41, 5.74) is 5.95. The second-order valence-electron chi connectivity index (χ2n) is 4.89. The molecular weight excluding hydrogens is 220 g/mol. The lowest BCUT2D eigenvalue weighted by Gasteiger charge is -2.08. The van der Waals surface area contributed by atoms with E-state index in [0.29, 0.717) is 6.42 Å². The first-order chi connectivity index (χ1) is 8.56. The Bertz CT molecular complexity index is 582. The molecule has 0 bridgehead atoms. The van der Waals surface area contributed by atoms with Gasteiger partial charge in [0.2, 0.25) is 0 Å². The minimum absolute atomic E-state index is 0.208. The quantitative estimate of drug-likeness (QED) is 0.786. The van der Waals surface area contributed by atoms with Crippen LogP contribution in [0, 0.1) is 13.8 Å². The number of rotatable bonds is 3. The Morgan fingerprint density at radius 1 is 1.00 bits per heavy atom. The van der Waals surface area contributed by atoms with Crippen LogP contribution in [0.2, 0.25) is 0 Å². The highest BCUT2D eigenvalue weighted by atomic mass is 16.1. The van der Waals surface area contributed by atoms with Gasteiger partial charge in [-0.3, -0.25) is 4.79 Å². The highest BCUT2D eigenvalue weighted by Gasteiger charge is 2.05. The summed E-state index contributed by atoms with van der Waals surface area (Å²) in [6, 6.07) is 14.8. The number of carbonyl (C=O) groups excluding carboxylic acids is 1. The van der Waals surface area contributed by atoms with Crippen LogP contribution in [-0.4, -0.2) is 5.78 Å². The first kappa shape index (κ1) is 12.6. The van der Waals surface area contributed by atoms with Gasteiger partial charge in [-0.1, -0.05) is 48.0 Å². The molecule has 0 aliphatic heterocycles. The van der Waals surface area contributed by atoms with Crippen LogP contribution < -0.4 is 0 Å². The summed E-state index contributed by atoms with van der Waals surface area (Å²) in [5.74, 6) is 0.208. The SMILES string of the molecule is CC(=O)Cc1cc(-c2cccc(C)c2)ccc1C. The molecule has 0 aromatic heterocycles. The lowest BCUT2D eigenvalue weighted by atomic mass is 9.96. The van der Waals surface area contributed by atoms with E-state index in [9.17, 15) is 4.79 Å². The molecule has 0 fully saturated rings. The van der Waals surface area contributed by atoms with E-state index in [-0.39, 0.29) is 5.78 Å². The molecule has 2 rings (SSSR count). The molecule has 2 aromatic rings. The summed E-state index contributed by atoms with van der Waals surface area (Å²) in [6.07, 6.45) is 0.519. The fourth-order valence-corrected chi connectivity index (χ4v) is 2.13. The van der Waals surface area contributed by atoms with Crippen LogP contribution in [0.1, 0.15) is 23.6 Å². The van der Waals surface area contributed by atoms with Crippen molar-refractivity contribution in [3.05, 3.63) is 59.2 Å². The molecule has 2 aromatic carbocycles. The number of aryl methyl sites for hydroxylation is 2. The zero-order valence-electron chi connectivity index (χ0n) is 11.2. The van der Waals surface area contributed by atoms with Gasteiger partial charge in [0.15, 0.2) is 0 Å². The molecular formula is C17H18O. The Labute approximate surface area is 108 Å². The molecule has 92 valence electrons. The molecule has 0 unspecified atom stereocenters.